The van der Waals surface area contributed by atoms with Gasteiger partial charge in [0.25, 0.3) is 0 Å². The van der Waals surface area contributed by atoms with Gasteiger partial charge in [0, 0.05) is 24.1 Å². The molecule has 4 aromatic rings. The van der Waals surface area contributed by atoms with Crippen molar-refractivity contribution in [3.8, 4) is 22.5 Å². The van der Waals surface area contributed by atoms with Crippen molar-refractivity contribution in [3.05, 3.63) is 76.6 Å². The minimum atomic E-state index is -0.321. The molecule has 0 saturated heterocycles. The highest BCUT2D eigenvalue weighted by Crippen LogP contribution is 2.25. The van der Waals surface area contributed by atoms with Crippen LogP contribution < -0.4 is 5.32 Å². The van der Waals surface area contributed by atoms with Crippen molar-refractivity contribution in [2.75, 3.05) is 5.32 Å². The maximum atomic E-state index is 13.7. The van der Waals surface area contributed by atoms with Gasteiger partial charge in [0.2, 0.25) is 17.6 Å². The number of hydrogen-bond acceptors (Lipinski definition) is 5. The van der Waals surface area contributed by atoms with E-state index in [1.54, 1.807) is 30.4 Å². The lowest BCUT2D eigenvalue weighted by Crippen LogP contribution is -2.12. The number of rotatable bonds is 6. The van der Waals surface area contributed by atoms with Crippen LogP contribution >= 0.6 is 11.3 Å². The first-order chi connectivity index (χ1) is 14.1. The summed E-state index contributed by atoms with van der Waals surface area (Å²) in [6.07, 6.45) is 0.504. The number of carbonyl (C=O) groups is 1. The Kier molecular flexibility index (Phi) is 5.48. The van der Waals surface area contributed by atoms with Crippen molar-refractivity contribution in [1.29, 1.82) is 0 Å². The van der Waals surface area contributed by atoms with E-state index in [1.807, 2.05) is 35.7 Å². The minimum absolute atomic E-state index is 0.145. The maximum Gasteiger partial charge on any atom is 0.227 e. The van der Waals surface area contributed by atoms with Gasteiger partial charge in [-0.05, 0) is 58.6 Å². The predicted molar refractivity (Wildman–Crippen MR) is 111 cm³/mol. The van der Waals surface area contributed by atoms with Crippen molar-refractivity contribution in [2.24, 2.45) is 0 Å². The first kappa shape index (κ1) is 19.0. The quantitative estimate of drug-likeness (QED) is 0.459. The molecule has 0 unspecified atom stereocenters. The summed E-state index contributed by atoms with van der Waals surface area (Å²) in [7, 11) is 0. The van der Waals surface area contributed by atoms with E-state index in [9.17, 15) is 9.18 Å². The SMILES string of the molecule is Cc1ccc(-c2noc(CCC(=O)Nc3cccc(-c4ccsc4)c3)n2)cc1F. The van der Waals surface area contributed by atoms with Crippen LogP contribution in [0.25, 0.3) is 22.5 Å². The van der Waals surface area contributed by atoms with Crippen LogP contribution in [0.15, 0.2) is 63.8 Å². The average Bonchev–Trinajstić information content (AvgIpc) is 3.41. The van der Waals surface area contributed by atoms with Gasteiger partial charge in [-0.15, -0.1) is 0 Å². The van der Waals surface area contributed by atoms with Crippen LogP contribution in [-0.4, -0.2) is 16.0 Å². The van der Waals surface area contributed by atoms with Crippen molar-refractivity contribution in [1.82, 2.24) is 10.1 Å². The number of halogens is 1. The maximum absolute atomic E-state index is 13.7. The number of carbonyl (C=O) groups excluding carboxylic acids is 1. The van der Waals surface area contributed by atoms with Gasteiger partial charge in [0.1, 0.15) is 5.82 Å². The lowest BCUT2D eigenvalue weighted by Gasteiger charge is -2.06. The Morgan fingerprint density at radius 1 is 1.14 bits per heavy atom. The van der Waals surface area contributed by atoms with Crippen LogP contribution in [0.5, 0.6) is 0 Å². The molecule has 0 fully saturated rings. The van der Waals surface area contributed by atoms with E-state index in [4.69, 9.17) is 4.52 Å². The Labute approximate surface area is 171 Å². The topological polar surface area (TPSA) is 68.0 Å². The van der Waals surface area contributed by atoms with Crippen LogP contribution in [-0.2, 0) is 11.2 Å². The summed E-state index contributed by atoms with van der Waals surface area (Å²) in [6, 6.07) is 14.5. The summed E-state index contributed by atoms with van der Waals surface area (Å²) in [4.78, 5) is 16.5. The summed E-state index contributed by atoms with van der Waals surface area (Å²) < 4.78 is 18.9. The van der Waals surface area contributed by atoms with Gasteiger partial charge in [0.15, 0.2) is 0 Å². The molecule has 0 radical (unpaired) electrons. The van der Waals surface area contributed by atoms with Gasteiger partial charge < -0.3 is 9.84 Å². The van der Waals surface area contributed by atoms with E-state index in [0.717, 1.165) is 16.8 Å². The van der Waals surface area contributed by atoms with Crippen LogP contribution in [0, 0.1) is 12.7 Å². The lowest BCUT2D eigenvalue weighted by atomic mass is 10.1. The molecule has 5 nitrogen and oxygen atoms in total. The second-order valence-corrected chi connectivity index (χ2v) is 7.40. The van der Waals surface area contributed by atoms with E-state index in [-0.39, 0.29) is 18.1 Å². The fraction of sp³-hybridized carbons (Fsp3) is 0.136. The van der Waals surface area contributed by atoms with E-state index >= 15 is 0 Å². The second-order valence-electron chi connectivity index (χ2n) is 6.62. The number of aryl methyl sites for hydroxylation is 2. The molecule has 4 rings (SSSR count). The molecule has 0 bridgehead atoms. The Bertz CT molecular complexity index is 1140. The van der Waals surface area contributed by atoms with E-state index < -0.39 is 0 Å². The van der Waals surface area contributed by atoms with Gasteiger partial charge in [-0.2, -0.15) is 16.3 Å². The van der Waals surface area contributed by atoms with Gasteiger partial charge in [-0.3, -0.25) is 4.79 Å². The molecule has 0 spiro atoms. The summed E-state index contributed by atoms with van der Waals surface area (Å²) in [5.41, 5.74) is 4.00. The molecule has 29 heavy (non-hydrogen) atoms. The fourth-order valence-corrected chi connectivity index (χ4v) is 3.52. The number of nitrogens with zero attached hydrogens (tertiary/aromatic N) is 2. The first-order valence-corrected chi connectivity index (χ1v) is 10.0. The number of aromatic nitrogens is 2. The Morgan fingerprint density at radius 2 is 2.03 bits per heavy atom. The van der Waals surface area contributed by atoms with Crippen molar-refractivity contribution >= 4 is 22.9 Å². The molecule has 1 N–H and O–H groups in total. The molecular formula is C22H18FN3O2S. The molecule has 1 amide bonds. The molecule has 0 aliphatic heterocycles. The highest BCUT2D eigenvalue weighted by atomic mass is 32.1. The van der Waals surface area contributed by atoms with Crippen LogP contribution in [0.1, 0.15) is 17.9 Å². The standard InChI is InChI=1S/C22H18FN3O2S/c1-14-5-6-16(12-19(14)23)22-25-21(28-26-22)8-7-20(27)24-18-4-2-3-15(11-18)17-9-10-29-13-17/h2-6,9-13H,7-8H2,1H3,(H,24,27). The third-order valence-electron chi connectivity index (χ3n) is 4.46. The average molecular weight is 407 g/mol. The van der Waals surface area contributed by atoms with Crippen molar-refractivity contribution in [3.63, 3.8) is 0 Å². The molecular weight excluding hydrogens is 389 g/mol. The summed E-state index contributed by atoms with van der Waals surface area (Å²) in [6.45, 7) is 1.69. The van der Waals surface area contributed by atoms with Gasteiger partial charge in [-0.25, -0.2) is 4.39 Å². The highest BCUT2D eigenvalue weighted by Gasteiger charge is 2.12. The Hall–Kier alpha value is -3.32. The van der Waals surface area contributed by atoms with Crippen LogP contribution in [0.4, 0.5) is 10.1 Å². The third-order valence-corrected chi connectivity index (χ3v) is 5.15. The zero-order valence-corrected chi connectivity index (χ0v) is 16.5. The number of anilines is 1. The number of amides is 1. The van der Waals surface area contributed by atoms with Crippen LogP contribution in [0.3, 0.4) is 0 Å². The van der Waals surface area contributed by atoms with E-state index in [2.05, 4.69) is 20.8 Å². The van der Waals surface area contributed by atoms with Crippen molar-refractivity contribution < 1.29 is 13.7 Å². The predicted octanol–water partition coefficient (Wildman–Crippen LogP) is 5.48. The first-order valence-electron chi connectivity index (χ1n) is 9.10. The van der Waals surface area contributed by atoms with Crippen LogP contribution in [0.2, 0.25) is 0 Å². The second kappa shape index (κ2) is 8.36. The molecule has 2 aromatic heterocycles. The molecule has 0 atom stereocenters. The largest absolute Gasteiger partial charge is 0.339 e. The Morgan fingerprint density at radius 3 is 2.83 bits per heavy atom. The van der Waals surface area contributed by atoms with Gasteiger partial charge in [-0.1, -0.05) is 29.4 Å². The van der Waals surface area contributed by atoms with Crippen molar-refractivity contribution in [2.45, 2.75) is 19.8 Å². The minimum Gasteiger partial charge on any atom is -0.339 e. The normalized spacial score (nSPS) is 10.8. The Balaban J connectivity index is 1.36. The molecule has 2 heterocycles. The number of hydrogen-bond donors (Lipinski definition) is 1. The number of thiophene rings is 1. The molecule has 2 aromatic carbocycles. The summed E-state index contributed by atoms with van der Waals surface area (Å²) in [5, 5.41) is 10.8. The fourth-order valence-electron chi connectivity index (χ4n) is 2.85. The molecule has 0 saturated carbocycles. The van der Waals surface area contributed by atoms with E-state index in [1.165, 1.54) is 6.07 Å². The van der Waals surface area contributed by atoms with Gasteiger partial charge in [0.05, 0.1) is 0 Å². The highest BCUT2D eigenvalue weighted by molar-refractivity contribution is 7.08. The van der Waals surface area contributed by atoms with E-state index in [0.29, 0.717) is 29.3 Å². The number of nitrogens with one attached hydrogen (secondary N) is 1. The smallest absolute Gasteiger partial charge is 0.227 e. The molecule has 7 heteroatoms. The zero-order chi connectivity index (χ0) is 20.2. The van der Waals surface area contributed by atoms with Gasteiger partial charge >= 0.3 is 0 Å². The number of benzene rings is 2. The summed E-state index contributed by atoms with van der Waals surface area (Å²) >= 11 is 1.63. The molecule has 146 valence electrons. The molecule has 0 aliphatic rings. The molecule has 0 aliphatic carbocycles. The monoisotopic (exact) mass is 407 g/mol. The third kappa shape index (κ3) is 4.57. The lowest BCUT2D eigenvalue weighted by molar-refractivity contribution is -0.116. The summed E-state index contributed by atoms with van der Waals surface area (Å²) in [5.74, 6) is 0.178. The zero-order valence-electron chi connectivity index (χ0n) is 15.7.